The molecular weight excluding hydrogens is 296 g/mol. The molecule has 1 amide bonds. The van der Waals surface area contributed by atoms with Crippen LogP contribution < -0.4 is 5.32 Å². The quantitative estimate of drug-likeness (QED) is 0.948. The minimum absolute atomic E-state index is 0.139. The molecule has 0 spiro atoms. The van der Waals surface area contributed by atoms with E-state index >= 15 is 0 Å². The zero-order chi connectivity index (χ0) is 13.1. The van der Waals surface area contributed by atoms with Crippen molar-refractivity contribution in [3.05, 3.63) is 51.3 Å². The molecule has 0 bridgehead atoms. The van der Waals surface area contributed by atoms with Crippen LogP contribution in [0.1, 0.15) is 27.4 Å². The molecule has 0 aliphatic carbocycles. The lowest BCUT2D eigenvalue weighted by atomic mass is 10.1. The second-order valence-corrected chi connectivity index (χ2v) is 4.95. The van der Waals surface area contributed by atoms with Crippen molar-refractivity contribution in [2.45, 2.75) is 20.4 Å². The molecule has 2 rings (SSSR count). The van der Waals surface area contributed by atoms with Crippen molar-refractivity contribution in [1.29, 1.82) is 0 Å². The molecule has 2 aromatic rings. The number of hydrogen-bond donors (Lipinski definition) is 1. The van der Waals surface area contributed by atoms with E-state index in [9.17, 15) is 4.79 Å². The Morgan fingerprint density at radius 2 is 2.17 bits per heavy atom. The third kappa shape index (κ3) is 2.98. The van der Waals surface area contributed by atoms with E-state index in [2.05, 4.69) is 26.4 Å². The highest BCUT2D eigenvalue weighted by molar-refractivity contribution is 9.10. The highest BCUT2D eigenvalue weighted by Gasteiger charge is 2.10. The summed E-state index contributed by atoms with van der Waals surface area (Å²) in [6.07, 6.45) is 0. The lowest BCUT2D eigenvalue weighted by molar-refractivity contribution is 0.0946. The summed E-state index contributed by atoms with van der Waals surface area (Å²) in [6.45, 7) is 4.12. The number of nitrogens with one attached hydrogen (secondary N) is 1. The standard InChI is InChI=1S/C13H13BrN2O2/c1-8-3-4-12(14)11(5-8)13(17)15-7-10-6-9(2)16-18-10/h3-6H,7H2,1-2H3,(H,15,17). The monoisotopic (exact) mass is 308 g/mol. The van der Waals surface area contributed by atoms with E-state index in [4.69, 9.17) is 4.52 Å². The Hall–Kier alpha value is -1.62. The summed E-state index contributed by atoms with van der Waals surface area (Å²) in [7, 11) is 0. The van der Waals surface area contributed by atoms with Gasteiger partial charge in [-0.05, 0) is 41.9 Å². The van der Waals surface area contributed by atoms with Crippen LogP contribution in [0.25, 0.3) is 0 Å². The van der Waals surface area contributed by atoms with Crippen LogP contribution in [0.5, 0.6) is 0 Å². The molecule has 18 heavy (non-hydrogen) atoms. The second kappa shape index (κ2) is 5.35. The first-order chi connectivity index (χ1) is 8.56. The summed E-state index contributed by atoms with van der Waals surface area (Å²) in [5, 5.41) is 6.56. The minimum atomic E-state index is -0.139. The van der Waals surface area contributed by atoms with Crippen molar-refractivity contribution < 1.29 is 9.32 Å². The van der Waals surface area contributed by atoms with Crippen molar-refractivity contribution in [3.63, 3.8) is 0 Å². The van der Waals surface area contributed by atoms with Crippen LogP contribution >= 0.6 is 15.9 Å². The Labute approximate surface area is 113 Å². The number of nitrogens with zero attached hydrogens (tertiary/aromatic N) is 1. The fraction of sp³-hybridized carbons (Fsp3) is 0.231. The molecule has 5 heteroatoms. The van der Waals surface area contributed by atoms with Gasteiger partial charge in [-0.3, -0.25) is 4.79 Å². The van der Waals surface area contributed by atoms with E-state index in [0.29, 0.717) is 17.9 Å². The summed E-state index contributed by atoms with van der Waals surface area (Å²) in [5.74, 6) is 0.504. The molecule has 0 aliphatic heterocycles. The molecule has 0 atom stereocenters. The zero-order valence-corrected chi connectivity index (χ0v) is 11.7. The predicted octanol–water partition coefficient (Wildman–Crippen LogP) is 2.98. The van der Waals surface area contributed by atoms with Gasteiger partial charge >= 0.3 is 0 Å². The highest BCUT2D eigenvalue weighted by atomic mass is 79.9. The van der Waals surface area contributed by atoms with Crippen LogP contribution in [0.2, 0.25) is 0 Å². The third-order valence-electron chi connectivity index (χ3n) is 2.47. The normalized spacial score (nSPS) is 10.4. The maximum Gasteiger partial charge on any atom is 0.252 e. The number of aromatic nitrogens is 1. The molecule has 0 aliphatic rings. The molecule has 1 aromatic carbocycles. The summed E-state index contributed by atoms with van der Waals surface area (Å²) < 4.78 is 5.81. The van der Waals surface area contributed by atoms with Gasteiger partial charge in [0.25, 0.3) is 5.91 Å². The van der Waals surface area contributed by atoms with Crippen LogP contribution in [-0.2, 0) is 6.54 Å². The average Bonchev–Trinajstić information content (AvgIpc) is 2.75. The lowest BCUT2D eigenvalue weighted by Gasteiger charge is -2.06. The van der Waals surface area contributed by atoms with Gasteiger partial charge < -0.3 is 9.84 Å². The first-order valence-electron chi connectivity index (χ1n) is 5.53. The lowest BCUT2D eigenvalue weighted by Crippen LogP contribution is -2.23. The second-order valence-electron chi connectivity index (χ2n) is 4.10. The van der Waals surface area contributed by atoms with Gasteiger partial charge in [0.05, 0.1) is 17.8 Å². The number of carbonyl (C=O) groups excluding carboxylic acids is 1. The topological polar surface area (TPSA) is 55.1 Å². The first-order valence-corrected chi connectivity index (χ1v) is 6.32. The molecule has 1 aromatic heterocycles. The summed E-state index contributed by atoms with van der Waals surface area (Å²) in [6, 6.07) is 7.44. The van der Waals surface area contributed by atoms with Crippen LogP contribution in [0, 0.1) is 13.8 Å². The molecule has 94 valence electrons. The van der Waals surface area contributed by atoms with Gasteiger partial charge in [-0.2, -0.15) is 0 Å². The van der Waals surface area contributed by atoms with Crippen LogP contribution in [-0.4, -0.2) is 11.1 Å². The fourth-order valence-corrected chi connectivity index (χ4v) is 2.00. The number of aryl methyl sites for hydroxylation is 2. The van der Waals surface area contributed by atoms with Crippen LogP contribution in [0.3, 0.4) is 0 Å². The predicted molar refractivity (Wildman–Crippen MR) is 71.3 cm³/mol. The summed E-state index contributed by atoms with van der Waals surface area (Å²) >= 11 is 3.36. The van der Waals surface area contributed by atoms with Crippen molar-refractivity contribution >= 4 is 21.8 Å². The fourth-order valence-electron chi connectivity index (χ4n) is 1.58. The largest absolute Gasteiger partial charge is 0.359 e. The summed E-state index contributed by atoms with van der Waals surface area (Å²) in [4.78, 5) is 12.0. The number of benzene rings is 1. The molecule has 0 radical (unpaired) electrons. The number of carbonyl (C=O) groups is 1. The van der Waals surface area contributed by atoms with Gasteiger partial charge in [0.1, 0.15) is 0 Å². The van der Waals surface area contributed by atoms with E-state index in [1.807, 2.05) is 32.0 Å². The number of hydrogen-bond acceptors (Lipinski definition) is 3. The van der Waals surface area contributed by atoms with Gasteiger partial charge in [-0.15, -0.1) is 0 Å². The van der Waals surface area contributed by atoms with E-state index in [0.717, 1.165) is 15.7 Å². The zero-order valence-electron chi connectivity index (χ0n) is 10.2. The Balaban J connectivity index is 2.05. The maximum absolute atomic E-state index is 12.0. The number of amides is 1. The summed E-state index contributed by atoms with van der Waals surface area (Å²) in [5.41, 5.74) is 2.46. The molecule has 1 N–H and O–H groups in total. The van der Waals surface area contributed by atoms with Gasteiger partial charge in [-0.1, -0.05) is 16.8 Å². The molecule has 1 heterocycles. The molecule has 0 fully saturated rings. The highest BCUT2D eigenvalue weighted by Crippen LogP contribution is 2.18. The van der Waals surface area contributed by atoms with Crippen molar-refractivity contribution in [2.75, 3.05) is 0 Å². The molecule has 0 saturated heterocycles. The van der Waals surface area contributed by atoms with Gasteiger partial charge in [0.2, 0.25) is 0 Å². The molecule has 4 nitrogen and oxygen atoms in total. The SMILES string of the molecule is Cc1ccc(Br)c(C(=O)NCc2cc(C)no2)c1. The Kier molecular flexibility index (Phi) is 3.81. The molecule has 0 saturated carbocycles. The van der Waals surface area contributed by atoms with E-state index < -0.39 is 0 Å². The van der Waals surface area contributed by atoms with Crippen LogP contribution in [0.4, 0.5) is 0 Å². The Bertz CT molecular complexity index is 578. The first kappa shape index (κ1) is 12.8. The minimum Gasteiger partial charge on any atom is -0.359 e. The van der Waals surface area contributed by atoms with Crippen LogP contribution in [0.15, 0.2) is 33.3 Å². The smallest absolute Gasteiger partial charge is 0.252 e. The van der Waals surface area contributed by atoms with Gasteiger partial charge in [0.15, 0.2) is 5.76 Å². The van der Waals surface area contributed by atoms with E-state index in [1.54, 1.807) is 6.07 Å². The Morgan fingerprint density at radius 1 is 1.39 bits per heavy atom. The molecular formula is C13H13BrN2O2. The van der Waals surface area contributed by atoms with Gasteiger partial charge in [0, 0.05) is 10.5 Å². The maximum atomic E-state index is 12.0. The van der Waals surface area contributed by atoms with E-state index in [1.165, 1.54) is 0 Å². The van der Waals surface area contributed by atoms with Gasteiger partial charge in [-0.25, -0.2) is 0 Å². The third-order valence-corrected chi connectivity index (χ3v) is 3.16. The van der Waals surface area contributed by atoms with Crippen molar-refractivity contribution in [2.24, 2.45) is 0 Å². The van der Waals surface area contributed by atoms with Crippen molar-refractivity contribution in [3.8, 4) is 0 Å². The molecule has 0 unspecified atom stereocenters. The van der Waals surface area contributed by atoms with E-state index in [-0.39, 0.29) is 5.91 Å². The average molecular weight is 309 g/mol. The van der Waals surface area contributed by atoms with Crippen molar-refractivity contribution in [1.82, 2.24) is 10.5 Å². The number of rotatable bonds is 3. The number of halogens is 1. The Morgan fingerprint density at radius 3 is 2.83 bits per heavy atom.